The molecule has 0 aliphatic carbocycles. The first-order valence-electron chi connectivity index (χ1n) is 15.0. The van der Waals surface area contributed by atoms with Gasteiger partial charge in [0.1, 0.15) is 21.3 Å². The molecule has 0 heterocycles. The summed E-state index contributed by atoms with van der Waals surface area (Å²) >= 11 is 0. The van der Waals surface area contributed by atoms with Crippen molar-refractivity contribution in [1.29, 1.82) is 0 Å². The van der Waals surface area contributed by atoms with E-state index in [1.54, 1.807) is 0 Å². The molecule has 0 radical (unpaired) electrons. The molecule has 54 heavy (non-hydrogen) atoms. The first-order chi connectivity index (χ1) is 25.2. The molecule has 0 unspecified atom stereocenters. The fraction of sp³-hybridized carbons (Fsp3) is 0. The number of fused-ring (bicyclic) bond motifs is 2. The number of amides is 2. The SMILES string of the molecule is O=C(Nc1cccc(S(=O)(=O)Nc2c(O)ccc3cccc(S(=O)(=O)O)c23)c1)Nc1cccc(S(=O)(=O)Nc2c(O)ccc3cccc(S(=O)(=O)O)c23)c1. The Bertz CT molecular complexity index is 2770. The topological polar surface area (TPSA) is 283 Å². The number of hydrogen-bond donors (Lipinski definition) is 8. The van der Waals surface area contributed by atoms with E-state index in [1.807, 2.05) is 0 Å². The highest BCUT2D eigenvalue weighted by molar-refractivity contribution is 7.93. The Morgan fingerprint density at radius 3 is 1.22 bits per heavy atom. The second-order valence-corrected chi connectivity index (χ2v) is 17.6. The molecule has 8 N–H and O–H groups in total. The van der Waals surface area contributed by atoms with Gasteiger partial charge in [0.05, 0.1) is 21.2 Å². The average Bonchev–Trinajstić information content (AvgIpc) is 3.09. The molecule has 0 aliphatic heterocycles. The molecule has 0 aromatic heterocycles. The zero-order chi connectivity index (χ0) is 39.2. The van der Waals surface area contributed by atoms with Crippen molar-refractivity contribution in [3.05, 3.63) is 109 Å². The molecule has 17 nitrogen and oxygen atoms in total. The van der Waals surface area contributed by atoms with E-state index in [0.29, 0.717) is 0 Å². The summed E-state index contributed by atoms with van der Waals surface area (Å²) in [5, 5.41) is 25.6. The quantitative estimate of drug-likeness (QED) is 0.0657. The van der Waals surface area contributed by atoms with E-state index >= 15 is 0 Å². The summed E-state index contributed by atoms with van der Waals surface area (Å²) in [4.78, 5) is 10.8. The zero-order valence-electron chi connectivity index (χ0n) is 27.0. The zero-order valence-corrected chi connectivity index (χ0v) is 30.3. The fourth-order valence-electron chi connectivity index (χ4n) is 5.47. The number of anilines is 4. The van der Waals surface area contributed by atoms with Crippen LogP contribution in [0, 0.1) is 0 Å². The number of phenols is 2. The number of nitrogens with one attached hydrogen (secondary N) is 4. The Morgan fingerprint density at radius 2 is 0.852 bits per heavy atom. The molecule has 6 rings (SSSR count). The minimum absolute atomic E-state index is 0.0670. The van der Waals surface area contributed by atoms with Crippen molar-refractivity contribution in [3.63, 3.8) is 0 Å². The first-order valence-corrected chi connectivity index (χ1v) is 20.9. The van der Waals surface area contributed by atoms with Crippen LogP contribution in [-0.2, 0) is 40.3 Å². The van der Waals surface area contributed by atoms with Gasteiger partial charge in [0, 0.05) is 22.1 Å². The van der Waals surface area contributed by atoms with E-state index in [0.717, 1.165) is 48.5 Å². The Labute approximate surface area is 307 Å². The maximum absolute atomic E-state index is 13.4. The van der Waals surface area contributed by atoms with Crippen LogP contribution in [0.25, 0.3) is 21.5 Å². The normalized spacial score (nSPS) is 12.3. The fourth-order valence-corrected chi connectivity index (χ4v) is 9.19. The van der Waals surface area contributed by atoms with Crippen LogP contribution in [0.15, 0.2) is 129 Å². The lowest BCUT2D eigenvalue weighted by Gasteiger charge is -2.15. The maximum atomic E-state index is 13.4. The molecule has 0 saturated heterocycles. The number of carbonyl (C=O) groups excluding carboxylic acids is 1. The van der Waals surface area contributed by atoms with Crippen LogP contribution < -0.4 is 20.1 Å². The Morgan fingerprint density at radius 1 is 0.481 bits per heavy atom. The smallest absolute Gasteiger partial charge is 0.323 e. The van der Waals surface area contributed by atoms with Crippen LogP contribution in [0.5, 0.6) is 11.5 Å². The average molecular weight is 815 g/mol. The largest absolute Gasteiger partial charge is 0.506 e. The maximum Gasteiger partial charge on any atom is 0.323 e. The van der Waals surface area contributed by atoms with Crippen LogP contribution in [0.1, 0.15) is 0 Å². The second kappa shape index (κ2) is 13.8. The van der Waals surface area contributed by atoms with Crippen LogP contribution in [0.3, 0.4) is 0 Å². The van der Waals surface area contributed by atoms with Crippen molar-refractivity contribution < 1.29 is 57.8 Å². The summed E-state index contributed by atoms with van der Waals surface area (Å²) in [6, 6.07) is 21.0. The molecule has 0 bridgehead atoms. The lowest BCUT2D eigenvalue weighted by Crippen LogP contribution is -2.20. The van der Waals surface area contributed by atoms with E-state index in [9.17, 15) is 57.8 Å². The number of rotatable bonds is 10. The van der Waals surface area contributed by atoms with Gasteiger partial charge in [-0.25, -0.2) is 21.6 Å². The van der Waals surface area contributed by atoms with E-state index in [4.69, 9.17) is 0 Å². The number of aromatic hydroxyl groups is 2. The molecule has 0 fully saturated rings. The number of sulfonamides is 2. The summed E-state index contributed by atoms with van der Waals surface area (Å²) in [5.41, 5.74) is -1.20. The predicted octanol–water partition coefficient (Wildman–Crippen LogP) is 5.14. The third-order valence-corrected chi connectivity index (χ3v) is 12.3. The molecule has 21 heteroatoms. The standard InChI is InChI=1S/C33H26N4O13S4/c38-25-15-13-19-5-1-11-27(53(45,46)47)29(19)31(25)36-51(41,42)23-9-3-7-21(17-23)34-33(40)35-22-8-4-10-24(18-22)52(43,44)37-32-26(39)16-14-20-6-2-12-28(30(20)32)54(48,49)50/h1-18,36-39H,(H2,34,35,40)(H,45,46,47)(H,48,49,50). The van der Waals surface area contributed by atoms with Gasteiger partial charge in [-0.05, 0) is 71.4 Å². The summed E-state index contributed by atoms with van der Waals surface area (Å²) in [6.45, 7) is 0. The minimum atomic E-state index is -4.85. The Hall–Kier alpha value is -5.97. The van der Waals surface area contributed by atoms with E-state index in [1.165, 1.54) is 60.7 Å². The van der Waals surface area contributed by atoms with Crippen molar-refractivity contribution in [1.82, 2.24) is 0 Å². The molecule has 280 valence electrons. The third kappa shape index (κ3) is 7.71. The van der Waals surface area contributed by atoms with Crippen LogP contribution in [0.4, 0.5) is 27.5 Å². The first kappa shape index (κ1) is 37.8. The van der Waals surface area contributed by atoms with Crippen molar-refractivity contribution >= 4 is 90.6 Å². The number of urea groups is 1. The van der Waals surface area contributed by atoms with Gasteiger partial charge in [-0.2, -0.15) is 16.8 Å². The van der Waals surface area contributed by atoms with Crippen molar-refractivity contribution in [3.8, 4) is 11.5 Å². The molecule has 0 aliphatic rings. The highest BCUT2D eigenvalue weighted by Crippen LogP contribution is 2.39. The molecule has 6 aromatic carbocycles. The van der Waals surface area contributed by atoms with E-state index in [2.05, 4.69) is 20.1 Å². The number of benzene rings is 6. The predicted molar refractivity (Wildman–Crippen MR) is 198 cm³/mol. The number of hydrogen-bond acceptors (Lipinski definition) is 11. The molecule has 0 atom stereocenters. The molecule has 6 aromatic rings. The summed E-state index contributed by atoms with van der Waals surface area (Å²) in [6.07, 6.45) is 0. The highest BCUT2D eigenvalue weighted by Gasteiger charge is 2.25. The number of carbonyl (C=O) groups is 1. The molecular formula is C33H26N4O13S4. The van der Waals surface area contributed by atoms with Gasteiger partial charge in [-0.1, -0.05) is 48.5 Å². The molecular weight excluding hydrogens is 789 g/mol. The van der Waals surface area contributed by atoms with Gasteiger partial charge < -0.3 is 20.8 Å². The molecule has 0 spiro atoms. The van der Waals surface area contributed by atoms with E-state index < -0.39 is 88.8 Å². The van der Waals surface area contributed by atoms with Gasteiger partial charge in [0.2, 0.25) is 0 Å². The summed E-state index contributed by atoms with van der Waals surface area (Å²) < 4.78 is 126. The molecule has 2 amide bonds. The van der Waals surface area contributed by atoms with Gasteiger partial charge in [0.25, 0.3) is 40.3 Å². The van der Waals surface area contributed by atoms with Crippen LogP contribution in [0.2, 0.25) is 0 Å². The van der Waals surface area contributed by atoms with Gasteiger partial charge in [0.15, 0.2) is 0 Å². The number of phenolic OH excluding ortho intramolecular Hbond substituents is 2. The van der Waals surface area contributed by atoms with Crippen molar-refractivity contribution in [2.75, 3.05) is 20.1 Å². The Kier molecular flexibility index (Phi) is 9.64. The van der Waals surface area contributed by atoms with Gasteiger partial charge in [-0.3, -0.25) is 18.5 Å². The van der Waals surface area contributed by atoms with Crippen LogP contribution >= 0.6 is 0 Å². The lowest BCUT2D eigenvalue weighted by atomic mass is 10.1. The monoisotopic (exact) mass is 814 g/mol. The summed E-state index contributed by atoms with van der Waals surface area (Å²) in [7, 11) is -18.9. The lowest BCUT2D eigenvalue weighted by molar-refractivity contribution is 0.262. The molecule has 0 saturated carbocycles. The van der Waals surface area contributed by atoms with Gasteiger partial charge in [-0.15, -0.1) is 0 Å². The minimum Gasteiger partial charge on any atom is -0.506 e. The van der Waals surface area contributed by atoms with Gasteiger partial charge >= 0.3 is 6.03 Å². The highest BCUT2D eigenvalue weighted by atomic mass is 32.2. The third-order valence-electron chi connectivity index (χ3n) is 7.80. The van der Waals surface area contributed by atoms with Crippen LogP contribution in [-0.4, -0.2) is 59.0 Å². The summed E-state index contributed by atoms with van der Waals surface area (Å²) in [5.74, 6) is -1.29. The Balaban J connectivity index is 1.23. The van der Waals surface area contributed by atoms with Crippen molar-refractivity contribution in [2.45, 2.75) is 19.6 Å². The van der Waals surface area contributed by atoms with E-state index in [-0.39, 0.29) is 32.9 Å². The second-order valence-electron chi connectivity index (χ2n) is 11.4. The van der Waals surface area contributed by atoms with Crippen molar-refractivity contribution in [2.24, 2.45) is 0 Å².